The molecule has 4 rings (SSSR count). The molecule has 0 unspecified atom stereocenters. The molecule has 2 aromatic carbocycles. The second-order valence-corrected chi connectivity index (χ2v) is 8.56. The summed E-state index contributed by atoms with van der Waals surface area (Å²) in [5.41, 5.74) is 1.66. The first-order valence-corrected chi connectivity index (χ1v) is 10.7. The third-order valence-corrected chi connectivity index (χ3v) is 6.22. The summed E-state index contributed by atoms with van der Waals surface area (Å²) in [6.07, 6.45) is 1.35. The number of amidine groups is 1. The van der Waals surface area contributed by atoms with E-state index < -0.39 is 16.1 Å². The molecule has 9 heteroatoms. The van der Waals surface area contributed by atoms with Gasteiger partial charge in [0.1, 0.15) is 10.9 Å². The zero-order valence-electron chi connectivity index (χ0n) is 15.8. The number of benzene rings is 2. The fourth-order valence-electron chi connectivity index (χ4n) is 3.69. The molecule has 0 aromatic heterocycles. The number of amides is 2. The lowest BCUT2D eigenvalue weighted by Crippen LogP contribution is -2.43. The van der Waals surface area contributed by atoms with Crippen LogP contribution in [0.15, 0.2) is 57.8 Å². The summed E-state index contributed by atoms with van der Waals surface area (Å²) in [6, 6.07) is 13.0. The van der Waals surface area contributed by atoms with Gasteiger partial charge in [-0.3, -0.25) is 9.59 Å². The van der Waals surface area contributed by atoms with Gasteiger partial charge in [-0.15, -0.1) is 4.40 Å². The Morgan fingerprint density at radius 3 is 2.55 bits per heavy atom. The SMILES string of the molecule is CC(=O)Nc1cccc(NC(=O)[C@@H]2CCCN2C2=NS(=O)(=O)c3ccccc32)c1. The number of anilines is 2. The number of fused-ring (bicyclic) bond motifs is 1. The van der Waals surface area contributed by atoms with Crippen molar-refractivity contribution in [1.29, 1.82) is 0 Å². The third-order valence-electron chi connectivity index (χ3n) is 4.89. The highest BCUT2D eigenvalue weighted by Gasteiger charge is 2.39. The van der Waals surface area contributed by atoms with Crippen LogP contribution in [-0.2, 0) is 19.6 Å². The van der Waals surface area contributed by atoms with E-state index >= 15 is 0 Å². The number of carbonyl (C=O) groups excluding carboxylic acids is 2. The Morgan fingerprint density at radius 1 is 1.07 bits per heavy atom. The highest BCUT2D eigenvalue weighted by atomic mass is 32.2. The van der Waals surface area contributed by atoms with E-state index in [1.807, 2.05) is 0 Å². The number of hydrogen-bond acceptors (Lipinski definition) is 5. The lowest BCUT2D eigenvalue weighted by atomic mass is 10.1. The first kappa shape index (κ1) is 19.1. The summed E-state index contributed by atoms with van der Waals surface area (Å²) in [6.45, 7) is 1.96. The van der Waals surface area contributed by atoms with Crippen molar-refractivity contribution in [1.82, 2.24) is 4.90 Å². The topological polar surface area (TPSA) is 108 Å². The van der Waals surface area contributed by atoms with Crippen molar-refractivity contribution >= 4 is 39.0 Å². The first-order valence-electron chi connectivity index (χ1n) is 9.25. The number of carbonyl (C=O) groups is 2. The average Bonchev–Trinajstić information content (AvgIpc) is 3.25. The number of hydrogen-bond donors (Lipinski definition) is 2. The monoisotopic (exact) mass is 412 g/mol. The van der Waals surface area contributed by atoms with Crippen molar-refractivity contribution in [2.45, 2.75) is 30.7 Å². The Hall–Kier alpha value is -3.20. The lowest BCUT2D eigenvalue weighted by Gasteiger charge is -2.25. The number of nitrogens with one attached hydrogen (secondary N) is 2. The van der Waals surface area contributed by atoms with Crippen LogP contribution >= 0.6 is 0 Å². The maximum Gasteiger partial charge on any atom is 0.285 e. The van der Waals surface area contributed by atoms with E-state index in [0.29, 0.717) is 35.7 Å². The molecule has 2 aromatic rings. The van der Waals surface area contributed by atoms with Crippen LogP contribution in [-0.4, -0.2) is 43.6 Å². The highest BCUT2D eigenvalue weighted by molar-refractivity contribution is 7.90. The van der Waals surface area contributed by atoms with Crippen molar-refractivity contribution in [2.24, 2.45) is 4.40 Å². The quantitative estimate of drug-likeness (QED) is 0.804. The first-order chi connectivity index (χ1) is 13.8. The molecule has 2 amide bonds. The van der Waals surface area contributed by atoms with Gasteiger partial charge >= 0.3 is 0 Å². The minimum absolute atomic E-state index is 0.170. The van der Waals surface area contributed by atoms with Crippen molar-refractivity contribution in [3.8, 4) is 0 Å². The smallest absolute Gasteiger partial charge is 0.285 e. The summed E-state index contributed by atoms with van der Waals surface area (Å²) < 4.78 is 28.7. The van der Waals surface area contributed by atoms with Crippen LogP contribution in [0.2, 0.25) is 0 Å². The van der Waals surface area contributed by atoms with E-state index in [0.717, 1.165) is 6.42 Å². The molecule has 1 atom stereocenters. The van der Waals surface area contributed by atoms with Crippen LogP contribution in [0.3, 0.4) is 0 Å². The second kappa shape index (κ2) is 7.32. The number of nitrogens with zero attached hydrogens (tertiary/aromatic N) is 2. The van der Waals surface area contributed by atoms with Gasteiger partial charge in [-0.25, -0.2) is 0 Å². The molecule has 2 N–H and O–H groups in total. The zero-order valence-corrected chi connectivity index (χ0v) is 16.6. The molecule has 2 aliphatic rings. The molecular formula is C20H20N4O4S. The van der Waals surface area contributed by atoms with Crippen LogP contribution in [0.4, 0.5) is 11.4 Å². The summed E-state index contributed by atoms with van der Waals surface area (Å²) in [5.74, 6) is -0.119. The summed E-state index contributed by atoms with van der Waals surface area (Å²) in [4.78, 5) is 26.1. The Kier molecular flexibility index (Phi) is 4.83. The molecule has 0 spiro atoms. The van der Waals surface area contributed by atoms with Gasteiger partial charge in [-0.2, -0.15) is 8.42 Å². The Morgan fingerprint density at radius 2 is 1.79 bits per heavy atom. The molecule has 0 saturated carbocycles. The van der Waals surface area contributed by atoms with Crippen molar-refractivity contribution in [3.63, 3.8) is 0 Å². The van der Waals surface area contributed by atoms with Gasteiger partial charge in [0.25, 0.3) is 10.0 Å². The van der Waals surface area contributed by atoms with E-state index in [1.54, 1.807) is 47.4 Å². The van der Waals surface area contributed by atoms with Gasteiger partial charge < -0.3 is 15.5 Å². The third kappa shape index (κ3) is 3.73. The van der Waals surface area contributed by atoms with E-state index in [-0.39, 0.29) is 16.7 Å². The van der Waals surface area contributed by atoms with Crippen LogP contribution < -0.4 is 10.6 Å². The minimum Gasteiger partial charge on any atom is -0.343 e. The summed E-state index contributed by atoms with van der Waals surface area (Å²) >= 11 is 0. The molecule has 2 heterocycles. The van der Waals surface area contributed by atoms with Gasteiger partial charge in [0.2, 0.25) is 11.8 Å². The summed E-state index contributed by atoms with van der Waals surface area (Å²) in [7, 11) is -3.74. The van der Waals surface area contributed by atoms with E-state index in [9.17, 15) is 18.0 Å². The maximum atomic E-state index is 12.9. The predicted molar refractivity (Wildman–Crippen MR) is 109 cm³/mol. The molecule has 0 radical (unpaired) electrons. The predicted octanol–water partition coefficient (Wildman–Crippen LogP) is 2.20. The van der Waals surface area contributed by atoms with E-state index in [1.165, 1.54) is 13.0 Å². The normalized spacial score (nSPS) is 19.4. The molecule has 150 valence electrons. The molecule has 29 heavy (non-hydrogen) atoms. The lowest BCUT2D eigenvalue weighted by molar-refractivity contribution is -0.119. The standard InChI is InChI=1S/C20H20N4O4S/c1-13(25)21-14-6-4-7-15(12-14)22-20(26)17-9-5-11-24(17)19-16-8-2-3-10-18(16)29(27,28)23-19/h2-4,6-8,10,12,17H,5,9,11H2,1H3,(H,21,25)(H,22,26)/t17-/m0/s1. The van der Waals surface area contributed by atoms with Crippen molar-refractivity contribution in [2.75, 3.05) is 17.2 Å². The average molecular weight is 412 g/mol. The molecule has 1 saturated heterocycles. The van der Waals surface area contributed by atoms with Crippen LogP contribution in [0.1, 0.15) is 25.3 Å². The number of rotatable bonds is 3. The molecule has 0 aliphatic carbocycles. The Balaban J connectivity index is 1.57. The number of likely N-dealkylation sites (tertiary alicyclic amines) is 1. The fraction of sp³-hybridized carbons (Fsp3) is 0.250. The van der Waals surface area contributed by atoms with E-state index in [4.69, 9.17) is 0 Å². The summed E-state index contributed by atoms with van der Waals surface area (Å²) in [5, 5.41) is 5.53. The van der Waals surface area contributed by atoms with Crippen LogP contribution in [0.5, 0.6) is 0 Å². The van der Waals surface area contributed by atoms with Crippen molar-refractivity contribution < 1.29 is 18.0 Å². The Bertz CT molecular complexity index is 1130. The van der Waals surface area contributed by atoms with Crippen molar-refractivity contribution in [3.05, 3.63) is 54.1 Å². The van der Waals surface area contributed by atoms with E-state index in [2.05, 4.69) is 15.0 Å². The highest BCUT2D eigenvalue weighted by Crippen LogP contribution is 2.31. The van der Waals surface area contributed by atoms with Crippen LogP contribution in [0.25, 0.3) is 0 Å². The van der Waals surface area contributed by atoms with Gasteiger partial charge in [0.15, 0.2) is 5.84 Å². The largest absolute Gasteiger partial charge is 0.343 e. The number of sulfonamides is 1. The molecule has 2 aliphatic heterocycles. The maximum absolute atomic E-state index is 12.9. The van der Waals surface area contributed by atoms with Gasteiger partial charge in [-0.1, -0.05) is 18.2 Å². The van der Waals surface area contributed by atoms with Gasteiger partial charge in [0, 0.05) is 30.4 Å². The molecular weight excluding hydrogens is 392 g/mol. The molecule has 8 nitrogen and oxygen atoms in total. The molecule has 1 fully saturated rings. The van der Waals surface area contributed by atoms with Gasteiger partial charge in [-0.05, 0) is 43.2 Å². The minimum atomic E-state index is -3.74. The Labute approximate surface area is 168 Å². The zero-order chi connectivity index (χ0) is 20.6. The fourth-order valence-corrected chi connectivity index (χ4v) is 4.91. The molecule has 0 bridgehead atoms. The van der Waals surface area contributed by atoms with Crippen LogP contribution in [0, 0.1) is 0 Å². The van der Waals surface area contributed by atoms with Gasteiger partial charge in [0.05, 0.1) is 0 Å². The second-order valence-electron chi connectivity index (χ2n) is 6.99.